The molecule has 108 valence electrons. The van der Waals surface area contributed by atoms with Crippen molar-refractivity contribution < 1.29 is 4.21 Å². The van der Waals surface area contributed by atoms with Crippen LogP contribution in [0, 0.1) is 0 Å². The van der Waals surface area contributed by atoms with Gasteiger partial charge in [-0.15, -0.1) is 11.3 Å². The normalized spacial score (nSPS) is 14.8. The van der Waals surface area contributed by atoms with E-state index in [2.05, 4.69) is 25.3 Å². The molecule has 0 fully saturated rings. The molecule has 20 heavy (non-hydrogen) atoms. The van der Waals surface area contributed by atoms with E-state index in [1.165, 1.54) is 11.3 Å². The standard InChI is InChI=1S/C13H14BrClN2OS2/c1-7(17-20(18)13(2,3)4)10-9(15)8-5-6-16-12(14)11(8)19-10/h5-6H,1-4H3/t20-/m1/s1. The molecule has 0 unspecified atom stereocenters. The number of hydrogen-bond donors (Lipinski definition) is 0. The summed E-state index contributed by atoms with van der Waals surface area (Å²) in [5, 5.41) is 1.57. The molecule has 7 heteroatoms. The van der Waals surface area contributed by atoms with Crippen LogP contribution in [0.4, 0.5) is 0 Å². The summed E-state index contributed by atoms with van der Waals surface area (Å²) in [6, 6.07) is 1.87. The van der Waals surface area contributed by atoms with Gasteiger partial charge in [0.15, 0.2) is 0 Å². The van der Waals surface area contributed by atoms with Gasteiger partial charge in [-0.3, -0.25) is 0 Å². The molecule has 0 aliphatic rings. The van der Waals surface area contributed by atoms with Gasteiger partial charge in [0.25, 0.3) is 0 Å². The molecule has 0 saturated carbocycles. The minimum atomic E-state index is -1.29. The Labute approximate surface area is 138 Å². The van der Waals surface area contributed by atoms with Gasteiger partial charge in [-0.1, -0.05) is 11.6 Å². The van der Waals surface area contributed by atoms with Gasteiger partial charge in [-0.2, -0.15) is 4.40 Å². The molecule has 2 aromatic heterocycles. The van der Waals surface area contributed by atoms with Crippen molar-refractivity contribution in [1.82, 2.24) is 4.98 Å². The summed E-state index contributed by atoms with van der Waals surface area (Å²) >= 11 is 11.3. The zero-order chi connectivity index (χ0) is 15.1. The number of rotatable bonds is 2. The summed E-state index contributed by atoms with van der Waals surface area (Å²) in [4.78, 5) is 5.03. The summed E-state index contributed by atoms with van der Waals surface area (Å²) in [7, 11) is -1.29. The average Bonchev–Trinajstić information content (AvgIpc) is 2.67. The number of pyridine rings is 1. The van der Waals surface area contributed by atoms with E-state index < -0.39 is 11.0 Å². The Hall–Kier alpha value is -0.300. The fourth-order valence-electron chi connectivity index (χ4n) is 1.50. The van der Waals surface area contributed by atoms with Crippen LogP contribution in [0.2, 0.25) is 5.02 Å². The van der Waals surface area contributed by atoms with Crippen molar-refractivity contribution in [3.05, 3.63) is 26.8 Å². The van der Waals surface area contributed by atoms with Gasteiger partial charge in [0.2, 0.25) is 0 Å². The predicted molar refractivity (Wildman–Crippen MR) is 92.4 cm³/mol. The van der Waals surface area contributed by atoms with Crippen LogP contribution in [-0.4, -0.2) is 19.7 Å². The quantitative estimate of drug-likeness (QED) is 0.533. The van der Waals surface area contributed by atoms with Crippen LogP contribution in [-0.2, 0) is 11.0 Å². The van der Waals surface area contributed by atoms with Gasteiger partial charge < -0.3 is 0 Å². The topological polar surface area (TPSA) is 42.3 Å². The fraction of sp³-hybridized carbons (Fsp3) is 0.385. The third-order valence-corrected chi connectivity index (χ3v) is 6.75. The minimum absolute atomic E-state index is 0.382. The molecule has 0 aliphatic carbocycles. The van der Waals surface area contributed by atoms with Gasteiger partial charge in [-0.05, 0) is 49.7 Å². The second kappa shape index (κ2) is 5.83. The first-order chi connectivity index (χ1) is 9.21. The van der Waals surface area contributed by atoms with Gasteiger partial charge in [0.1, 0.15) is 15.6 Å². The van der Waals surface area contributed by atoms with E-state index in [0.717, 1.165) is 19.6 Å². The maximum atomic E-state index is 12.1. The third kappa shape index (κ3) is 3.13. The molecule has 1 atom stereocenters. The van der Waals surface area contributed by atoms with Crippen LogP contribution in [0.1, 0.15) is 32.6 Å². The van der Waals surface area contributed by atoms with E-state index >= 15 is 0 Å². The molecular weight excluding hydrogens is 380 g/mol. The highest BCUT2D eigenvalue weighted by atomic mass is 79.9. The minimum Gasteiger partial charge on any atom is -0.248 e. The van der Waals surface area contributed by atoms with E-state index in [0.29, 0.717) is 10.7 Å². The van der Waals surface area contributed by atoms with Crippen molar-refractivity contribution in [2.75, 3.05) is 0 Å². The summed E-state index contributed by atoms with van der Waals surface area (Å²) < 4.78 is 17.7. The van der Waals surface area contributed by atoms with Crippen molar-refractivity contribution in [3.8, 4) is 0 Å². The Kier molecular flexibility index (Phi) is 4.69. The molecule has 0 saturated heterocycles. The molecule has 3 nitrogen and oxygen atoms in total. The number of aromatic nitrogens is 1. The van der Waals surface area contributed by atoms with E-state index in [-0.39, 0.29) is 4.75 Å². The molecule has 2 rings (SSSR count). The van der Waals surface area contributed by atoms with Crippen molar-refractivity contribution in [1.29, 1.82) is 0 Å². The Morgan fingerprint density at radius 1 is 1.50 bits per heavy atom. The molecule has 0 radical (unpaired) electrons. The number of fused-ring (bicyclic) bond motifs is 1. The monoisotopic (exact) mass is 392 g/mol. The SMILES string of the molecule is CC(=N[S@](=O)C(C)(C)C)c1sc2c(Br)nccc2c1Cl. The summed E-state index contributed by atoms with van der Waals surface area (Å²) in [5.41, 5.74) is 0.691. The summed E-state index contributed by atoms with van der Waals surface area (Å²) in [6.45, 7) is 7.52. The maximum absolute atomic E-state index is 12.1. The molecular formula is C13H14BrClN2OS2. The first-order valence-electron chi connectivity index (χ1n) is 5.92. The highest BCUT2D eigenvalue weighted by Crippen LogP contribution is 2.38. The van der Waals surface area contributed by atoms with Crippen LogP contribution >= 0.6 is 38.9 Å². The second-order valence-corrected chi connectivity index (χ2v) is 9.32. The van der Waals surface area contributed by atoms with E-state index in [1.54, 1.807) is 6.20 Å². The van der Waals surface area contributed by atoms with Gasteiger partial charge in [0, 0.05) is 11.6 Å². The summed E-state index contributed by atoms with van der Waals surface area (Å²) in [6.07, 6.45) is 1.70. The lowest BCUT2D eigenvalue weighted by molar-refractivity contribution is 0.650. The largest absolute Gasteiger partial charge is 0.248 e. The van der Waals surface area contributed by atoms with Gasteiger partial charge in [0.05, 0.1) is 25.1 Å². The van der Waals surface area contributed by atoms with Crippen LogP contribution in [0.15, 0.2) is 21.3 Å². The van der Waals surface area contributed by atoms with Crippen molar-refractivity contribution in [3.63, 3.8) is 0 Å². The predicted octanol–water partition coefficient (Wildman–Crippen LogP) is 4.98. The lowest BCUT2D eigenvalue weighted by Crippen LogP contribution is -2.20. The van der Waals surface area contributed by atoms with Crippen molar-refractivity contribution in [2.24, 2.45) is 4.40 Å². The number of nitrogens with zero attached hydrogens (tertiary/aromatic N) is 2. The maximum Gasteiger partial charge on any atom is 0.145 e. The van der Waals surface area contributed by atoms with E-state index in [4.69, 9.17) is 11.6 Å². The zero-order valence-electron chi connectivity index (χ0n) is 11.5. The molecule has 0 aliphatic heterocycles. The molecule has 0 bridgehead atoms. The summed E-state index contributed by atoms with van der Waals surface area (Å²) in [5.74, 6) is 0. The Morgan fingerprint density at radius 3 is 2.70 bits per heavy atom. The van der Waals surface area contributed by atoms with E-state index in [9.17, 15) is 4.21 Å². The van der Waals surface area contributed by atoms with Crippen molar-refractivity contribution >= 4 is 65.7 Å². The highest BCUT2D eigenvalue weighted by Gasteiger charge is 2.21. The molecule has 0 N–H and O–H groups in total. The first kappa shape index (κ1) is 16.1. The van der Waals surface area contributed by atoms with Crippen LogP contribution < -0.4 is 0 Å². The second-order valence-electron chi connectivity index (χ2n) is 5.26. The molecule has 0 amide bonds. The lowest BCUT2D eigenvalue weighted by atomic mass is 10.2. The van der Waals surface area contributed by atoms with Crippen molar-refractivity contribution in [2.45, 2.75) is 32.4 Å². The van der Waals surface area contributed by atoms with E-state index in [1.807, 2.05) is 33.8 Å². The van der Waals surface area contributed by atoms with Crippen LogP contribution in [0.25, 0.3) is 10.1 Å². The molecule has 0 aromatic carbocycles. The van der Waals surface area contributed by atoms with Crippen LogP contribution in [0.5, 0.6) is 0 Å². The number of thiophene rings is 1. The highest BCUT2D eigenvalue weighted by molar-refractivity contribution is 9.10. The Bertz CT molecular complexity index is 719. The fourth-order valence-corrected chi connectivity index (χ4v) is 4.22. The number of halogens is 2. The van der Waals surface area contributed by atoms with Gasteiger partial charge in [-0.25, -0.2) is 9.19 Å². The Morgan fingerprint density at radius 2 is 2.15 bits per heavy atom. The molecule has 2 aromatic rings. The average molecular weight is 394 g/mol. The molecule has 0 spiro atoms. The smallest absolute Gasteiger partial charge is 0.145 e. The third-order valence-electron chi connectivity index (χ3n) is 2.57. The first-order valence-corrected chi connectivity index (χ1v) is 9.01. The van der Waals surface area contributed by atoms with Crippen LogP contribution in [0.3, 0.4) is 0 Å². The zero-order valence-corrected chi connectivity index (χ0v) is 15.5. The number of hydrogen-bond acceptors (Lipinski definition) is 3. The van der Waals surface area contributed by atoms with Gasteiger partial charge >= 0.3 is 0 Å². The lowest BCUT2D eigenvalue weighted by Gasteiger charge is -2.13. The Balaban J connectivity index is 2.54. The molecule has 2 heterocycles.